The maximum absolute atomic E-state index is 12.6. The number of aromatic hydroxyl groups is 1. The number of aromatic nitrogens is 1. The highest BCUT2D eigenvalue weighted by molar-refractivity contribution is 7.93. The van der Waals surface area contributed by atoms with E-state index in [1.165, 1.54) is 12.1 Å². The number of nitrogens with zero attached hydrogens (tertiary/aromatic N) is 1. The second-order valence-corrected chi connectivity index (χ2v) is 7.96. The molecule has 1 N–H and O–H groups in total. The second-order valence-electron chi connectivity index (χ2n) is 4.82. The van der Waals surface area contributed by atoms with Crippen LogP contribution in [0.3, 0.4) is 0 Å². The van der Waals surface area contributed by atoms with Crippen LogP contribution < -0.4 is 0 Å². The number of hydrogen-bond donors (Lipinski definition) is 1. The standard InChI is InChI=1S/C15H13NO3S2/c1-9-8-10(2)16-14-12(9)13(17)15(20-14)21(18,19)11-6-4-3-5-7-11/h3-8,17H,1-2H3. The van der Waals surface area contributed by atoms with Gasteiger partial charge in [0.05, 0.1) is 10.3 Å². The Hall–Kier alpha value is -1.92. The van der Waals surface area contributed by atoms with E-state index in [4.69, 9.17) is 0 Å². The van der Waals surface area contributed by atoms with E-state index in [1.54, 1.807) is 18.2 Å². The van der Waals surface area contributed by atoms with Crippen molar-refractivity contribution in [1.29, 1.82) is 0 Å². The first-order valence-electron chi connectivity index (χ1n) is 6.31. The Bertz CT molecular complexity index is 928. The topological polar surface area (TPSA) is 67.3 Å². The Morgan fingerprint density at radius 3 is 2.48 bits per heavy atom. The predicted octanol–water partition coefficient (Wildman–Crippen LogP) is 3.45. The highest BCUT2D eigenvalue weighted by Crippen LogP contribution is 2.42. The zero-order valence-electron chi connectivity index (χ0n) is 11.5. The van der Waals surface area contributed by atoms with Gasteiger partial charge in [-0.25, -0.2) is 13.4 Å². The van der Waals surface area contributed by atoms with E-state index in [2.05, 4.69) is 4.98 Å². The van der Waals surface area contributed by atoms with Gasteiger partial charge in [0.25, 0.3) is 0 Å². The molecule has 6 heteroatoms. The molecule has 0 radical (unpaired) electrons. The van der Waals surface area contributed by atoms with Gasteiger partial charge in [0, 0.05) is 5.69 Å². The number of thiophene rings is 1. The summed E-state index contributed by atoms with van der Waals surface area (Å²) in [7, 11) is -3.73. The largest absolute Gasteiger partial charge is 0.505 e. The van der Waals surface area contributed by atoms with E-state index in [0.29, 0.717) is 10.2 Å². The summed E-state index contributed by atoms with van der Waals surface area (Å²) in [6, 6.07) is 9.93. The van der Waals surface area contributed by atoms with Gasteiger partial charge in [-0.05, 0) is 37.6 Å². The molecule has 0 amide bonds. The molecule has 2 heterocycles. The third-order valence-corrected chi connectivity index (χ3v) is 6.58. The SMILES string of the molecule is Cc1cc(C)c2c(O)c(S(=O)(=O)c3ccccc3)sc2n1. The average Bonchev–Trinajstić information content (AvgIpc) is 2.77. The quantitative estimate of drug-likeness (QED) is 0.785. The van der Waals surface area contributed by atoms with Crippen molar-refractivity contribution in [3.8, 4) is 5.75 Å². The molecule has 0 bridgehead atoms. The highest BCUT2D eigenvalue weighted by Gasteiger charge is 2.27. The molecule has 0 saturated heterocycles. The molecule has 0 unspecified atom stereocenters. The van der Waals surface area contributed by atoms with E-state index >= 15 is 0 Å². The van der Waals surface area contributed by atoms with Crippen LogP contribution in [0, 0.1) is 13.8 Å². The molecule has 0 atom stereocenters. The lowest BCUT2D eigenvalue weighted by Gasteiger charge is -2.02. The van der Waals surface area contributed by atoms with Crippen molar-refractivity contribution in [2.24, 2.45) is 0 Å². The lowest BCUT2D eigenvalue weighted by Crippen LogP contribution is -1.99. The normalized spacial score (nSPS) is 11.9. The summed E-state index contributed by atoms with van der Waals surface area (Å²) >= 11 is 1.00. The third-order valence-electron chi connectivity index (χ3n) is 3.23. The van der Waals surface area contributed by atoms with Crippen LogP contribution >= 0.6 is 11.3 Å². The van der Waals surface area contributed by atoms with Crippen molar-refractivity contribution in [3.63, 3.8) is 0 Å². The monoisotopic (exact) mass is 319 g/mol. The van der Waals surface area contributed by atoms with Crippen LogP contribution in [0.25, 0.3) is 10.2 Å². The molecule has 0 spiro atoms. The fourth-order valence-electron chi connectivity index (χ4n) is 2.29. The maximum atomic E-state index is 12.6. The Balaban J connectivity index is 2.32. The van der Waals surface area contributed by atoms with E-state index in [0.717, 1.165) is 22.6 Å². The number of pyridine rings is 1. The zero-order valence-corrected chi connectivity index (χ0v) is 13.1. The van der Waals surface area contributed by atoms with E-state index in [1.807, 2.05) is 19.9 Å². The van der Waals surface area contributed by atoms with Gasteiger partial charge in [0.15, 0.2) is 9.96 Å². The smallest absolute Gasteiger partial charge is 0.219 e. The van der Waals surface area contributed by atoms with Gasteiger partial charge >= 0.3 is 0 Å². The van der Waals surface area contributed by atoms with E-state index in [9.17, 15) is 13.5 Å². The van der Waals surface area contributed by atoms with Gasteiger partial charge in [0.1, 0.15) is 4.83 Å². The molecular weight excluding hydrogens is 306 g/mol. The first-order valence-corrected chi connectivity index (χ1v) is 8.61. The van der Waals surface area contributed by atoms with Crippen molar-refractivity contribution >= 4 is 31.4 Å². The molecule has 4 nitrogen and oxygen atoms in total. The summed E-state index contributed by atoms with van der Waals surface area (Å²) in [5.74, 6) is -0.205. The summed E-state index contributed by atoms with van der Waals surface area (Å²) in [6.45, 7) is 3.68. The highest BCUT2D eigenvalue weighted by atomic mass is 32.2. The number of rotatable bonds is 2. The fourth-order valence-corrected chi connectivity index (χ4v) is 5.27. The predicted molar refractivity (Wildman–Crippen MR) is 82.7 cm³/mol. The number of aryl methyl sites for hydroxylation is 2. The van der Waals surface area contributed by atoms with E-state index in [-0.39, 0.29) is 14.9 Å². The van der Waals surface area contributed by atoms with Crippen LogP contribution in [0.15, 0.2) is 45.5 Å². The van der Waals surface area contributed by atoms with Crippen LogP contribution in [0.2, 0.25) is 0 Å². The zero-order chi connectivity index (χ0) is 15.2. The lowest BCUT2D eigenvalue weighted by atomic mass is 10.2. The van der Waals surface area contributed by atoms with Gasteiger partial charge < -0.3 is 5.11 Å². The minimum atomic E-state index is -3.73. The van der Waals surface area contributed by atoms with Crippen molar-refractivity contribution < 1.29 is 13.5 Å². The molecule has 3 rings (SSSR count). The number of hydrogen-bond acceptors (Lipinski definition) is 5. The molecule has 2 aromatic heterocycles. The molecule has 0 fully saturated rings. The molecule has 108 valence electrons. The van der Waals surface area contributed by atoms with Crippen molar-refractivity contribution in [2.45, 2.75) is 23.0 Å². The van der Waals surface area contributed by atoms with E-state index < -0.39 is 9.84 Å². The van der Waals surface area contributed by atoms with Gasteiger partial charge in [-0.1, -0.05) is 29.5 Å². The van der Waals surface area contributed by atoms with Crippen LogP contribution in [-0.2, 0) is 9.84 Å². The fraction of sp³-hybridized carbons (Fsp3) is 0.133. The molecular formula is C15H13NO3S2. The minimum Gasteiger partial charge on any atom is -0.505 e. The minimum absolute atomic E-state index is 0.0510. The van der Waals surface area contributed by atoms with Crippen molar-refractivity contribution in [1.82, 2.24) is 4.98 Å². The van der Waals surface area contributed by atoms with Crippen molar-refractivity contribution in [2.75, 3.05) is 0 Å². The van der Waals surface area contributed by atoms with Crippen LogP contribution in [0.4, 0.5) is 0 Å². The lowest BCUT2D eigenvalue weighted by molar-refractivity contribution is 0.469. The Morgan fingerprint density at radius 1 is 1.14 bits per heavy atom. The molecule has 0 aliphatic carbocycles. The Labute approximate surface area is 126 Å². The summed E-state index contributed by atoms with van der Waals surface area (Å²) in [5, 5.41) is 10.9. The molecule has 0 aliphatic heterocycles. The van der Waals surface area contributed by atoms with Gasteiger partial charge in [-0.3, -0.25) is 0 Å². The molecule has 21 heavy (non-hydrogen) atoms. The first-order chi connectivity index (χ1) is 9.91. The van der Waals surface area contributed by atoms with Crippen molar-refractivity contribution in [3.05, 3.63) is 47.7 Å². The summed E-state index contributed by atoms with van der Waals surface area (Å²) < 4.78 is 25.2. The third kappa shape index (κ3) is 2.20. The summed E-state index contributed by atoms with van der Waals surface area (Å²) in [5.41, 5.74) is 1.62. The van der Waals surface area contributed by atoms with Gasteiger partial charge in [0.2, 0.25) is 9.84 Å². The summed E-state index contributed by atoms with van der Waals surface area (Å²) in [6.07, 6.45) is 0. The Morgan fingerprint density at radius 2 is 1.81 bits per heavy atom. The number of sulfone groups is 1. The number of benzene rings is 1. The molecule has 1 aromatic carbocycles. The molecule has 3 aromatic rings. The second kappa shape index (κ2) is 4.82. The number of fused-ring (bicyclic) bond motifs is 1. The summed E-state index contributed by atoms with van der Waals surface area (Å²) in [4.78, 5) is 5.03. The first kappa shape index (κ1) is 14.0. The molecule has 0 saturated carbocycles. The Kier molecular flexibility index (Phi) is 3.22. The van der Waals surface area contributed by atoms with Crippen LogP contribution in [0.1, 0.15) is 11.3 Å². The van der Waals surface area contributed by atoms with Crippen LogP contribution in [0.5, 0.6) is 5.75 Å². The molecule has 0 aliphatic rings. The van der Waals surface area contributed by atoms with Gasteiger partial charge in [-0.15, -0.1) is 0 Å². The van der Waals surface area contributed by atoms with Gasteiger partial charge in [-0.2, -0.15) is 0 Å². The average molecular weight is 319 g/mol. The maximum Gasteiger partial charge on any atom is 0.219 e. The van der Waals surface area contributed by atoms with Crippen LogP contribution in [-0.4, -0.2) is 18.5 Å².